The van der Waals surface area contributed by atoms with Crippen molar-refractivity contribution in [2.45, 2.75) is 63.7 Å². The van der Waals surface area contributed by atoms with Crippen molar-refractivity contribution in [1.29, 1.82) is 0 Å². The van der Waals surface area contributed by atoms with Crippen LogP contribution in [0, 0.1) is 0 Å². The minimum atomic E-state index is -4.44. The Labute approximate surface area is 369 Å². The van der Waals surface area contributed by atoms with E-state index in [9.17, 15) is 37.1 Å². The number of pyridine rings is 1. The zero-order valence-electron chi connectivity index (χ0n) is 35.7. The van der Waals surface area contributed by atoms with Crippen molar-refractivity contribution in [3.63, 3.8) is 0 Å². The van der Waals surface area contributed by atoms with Gasteiger partial charge in [-0.25, -0.2) is 19.4 Å². The quantitative estimate of drug-likeness (QED) is 0.0578. The molecule has 342 valence electrons. The van der Waals surface area contributed by atoms with Crippen LogP contribution >= 0.6 is 0 Å². The Morgan fingerprint density at radius 2 is 1.75 bits per heavy atom. The first-order valence-corrected chi connectivity index (χ1v) is 21.0. The minimum Gasteiger partial charge on any atom is -0.444 e. The van der Waals surface area contributed by atoms with Crippen molar-refractivity contribution < 1.29 is 41.5 Å². The lowest BCUT2D eigenvalue weighted by molar-refractivity contribution is -0.135. The summed E-state index contributed by atoms with van der Waals surface area (Å²) in [5.41, 5.74) is 9.44. The molecule has 0 saturated carbocycles. The van der Waals surface area contributed by atoms with Crippen LogP contribution in [0.4, 0.5) is 24.7 Å². The molecule has 18 nitrogen and oxygen atoms in total. The first-order chi connectivity index (χ1) is 31.1. The molecule has 21 heteroatoms. The second kappa shape index (κ2) is 20.1. The zero-order valence-corrected chi connectivity index (χ0v) is 35.7. The number of hydrogen-bond donors (Lipinski definition) is 4. The van der Waals surface area contributed by atoms with E-state index in [1.54, 1.807) is 11.6 Å². The highest BCUT2D eigenvalue weighted by Crippen LogP contribution is 2.26. The number of piperidine rings is 1. The number of imidazole rings is 1. The number of rotatable bonds is 20. The van der Waals surface area contributed by atoms with Crippen molar-refractivity contribution in [1.82, 2.24) is 39.1 Å². The van der Waals surface area contributed by atoms with Crippen molar-refractivity contribution in [3.8, 4) is 17.1 Å². The summed E-state index contributed by atoms with van der Waals surface area (Å²) in [4.78, 5) is 72.7. The van der Waals surface area contributed by atoms with Crippen LogP contribution < -0.4 is 27.4 Å². The molecule has 1 saturated heterocycles. The number of ether oxygens (including phenoxy) is 1. The number of carbonyl (C=O) groups is 4. The smallest absolute Gasteiger partial charge is 0.405 e. The number of anilines is 2. The molecular formula is C44H48F3N11O7. The highest BCUT2D eigenvalue weighted by atomic mass is 19.4. The van der Waals surface area contributed by atoms with Crippen LogP contribution in [0.2, 0.25) is 0 Å². The third kappa shape index (κ3) is 11.5. The molecule has 0 aliphatic carbocycles. The molecule has 1 aliphatic rings. The van der Waals surface area contributed by atoms with Gasteiger partial charge in [-0.1, -0.05) is 18.2 Å². The minimum absolute atomic E-state index is 0.0352. The number of halogens is 3. The summed E-state index contributed by atoms with van der Waals surface area (Å²) >= 11 is 0. The number of oxazole rings is 1. The lowest BCUT2D eigenvalue weighted by Gasteiger charge is -2.21. The summed E-state index contributed by atoms with van der Waals surface area (Å²) in [5, 5.41) is 11.4. The number of nitrogens with two attached hydrogens (primary N) is 1. The molecular weight excluding hydrogens is 852 g/mol. The number of alkyl halides is 3. The van der Waals surface area contributed by atoms with E-state index < -0.39 is 36.5 Å². The predicted octanol–water partition coefficient (Wildman–Crippen LogP) is 5.13. The largest absolute Gasteiger partial charge is 0.444 e. The summed E-state index contributed by atoms with van der Waals surface area (Å²) in [6, 6.07) is 15.4. The Kier molecular flexibility index (Phi) is 14.2. The number of aromatic nitrogens is 6. The Morgan fingerprint density at radius 1 is 1.00 bits per heavy atom. The van der Waals surface area contributed by atoms with Gasteiger partial charge in [0.2, 0.25) is 17.7 Å². The van der Waals surface area contributed by atoms with Crippen molar-refractivity contribution in [3.05, 3.63) is 106 Å². The maximum Gasteiger partial charge on any atom is 0.405 e. The van der Waals surface area contributed by atoms with Gasteiger partial charge >= 0.3 is 11.9 Å². The van der Waals surface area contributed by atoms with Gasteiger partial charge in [-0.3, -0.25) is 33.6 Å². The molecule has 0 spiro atoms. The van der Waals surface area contributed by atoms with Gasteiger partial charge < -0.3 is 30.4 Å². The van der Waals surface area contributed by atoms with E-state index in [1.165, 1.54) is 33.8 Å². The van der Waals surface area contributed by atoms with E-state index in [0.29, 0.717) is 37.4 Å². The Morgan fingerprint density at radius 3 is 2.49 bits per heavy atom. The number of benzene rings is 2. The van der Waals surface area contributed by atoms with Crippen LogP contribution in [0.1, 0.15) is 76.7 Å². The molecule has 0 radical (unpaired) electrons. The summed E-state index contributed by atoms with van der Waals surface area (Å²) in [6.45, 7) is 1.58. The monoisotopic (exact) mass is 899 g/mol. The number of amides is 4. The lowest BCUT2D eigenvalue weighted by atomic mass is 10.0. The Balaban J connectivity index is 0.816. The van der Waals surface area contributed by atoms with Crippen LogP contribution in [0.5, 0.6) is 0 Å². The van der Waals surface area contributed by atoms with Crippen molar-refractivity contribution in [2.24, 2.45) is 12.8 Å². The van der Waals surface area contributed by atoms with E-state index >= 15 is 0 Å². The molecule has 1 fully saturated rings. The topological polar surface area (TPSA) is 227 Å². The molecule has 7 rings (SSSR count). The summed E-state index contributed by atoms with van der Waals surface area (Å²) < 4.78 is 53.6. The van der Waals surface area contributed by atoms with E-state index in [0.717, 1.165) is 61.6 Å². The number of nitrogens with zero attached hydrogens (tertiary/aromatic N) is 7. The molecule has 5 heterocycles. The number of primary amides is 1. The number of carbonyl (C=O) groups excluding carboxylic acids is 4. The highest BCUT2D eigenvalue weighted by Gasteiger charge is 2.31. The Bertz CT molecular complexity index is 2740. The van der Waals surface area contributed by atoms with E-state index in [2.05, 4.69) is 35.9 Å². The van der Waals surface area contributed by atoms with E-state index in [4.69, 9.17) is 14.9 Å². The Hall–Kier alpha value is -7.13. The number of unbranched alkanes of at least 4 members (excludes halogenated alkanes) is 2. The summed E-state index contributed by atoms with van der Waals surface area (Å²) in [6.07, 6.45) is 4.33. The molecule has 65 heavy (non-hydrogen) atoms. The normalized spacial score (nSPS) is 14.3. The number of aryl methyl sites for hydroxylation is 2. The lowest BCUT2D eigenvalue weighted by Crippen LogP contribution is -2.44. The van der Waals surface area contributed by atoms with Gasteiger partial charge in [0.05, 0.1) is 28.6 Å². The zero-order chi connectivity index (χ0) is 46.3. The molecule has 2 aromatic carbocycles. The van der Waals surface area contributed by atoms with Gasteiger partial charge in [-0.2, -0.15) is 18.3 Å². The maximum atomic E-state index is 13.1. The summed E-state index contributed by atoms with van der Waals surface area (Å²) in [5.74, 6) is -2.48. The van der Waals surface area contributed by atoms with Gasteiger partial charge in [-0.15, -0.1) is 0 Å². The number of hydrogen-bond acceptors (Lipinski definition) is 12. The highest BCUT2D eigenvalue weighted by molar-refractivity contribution is 6.07. The third-order valence-corrected chi connectivity index (χ3v) is 10.8. The second-order valence-corrected chi connectivity index (χ2v) is 15.8. The molecule has 1 aliphatic heterocycles. The van der Waals surface area contributed by atoms with Crippen LogP contribution in [-0.2, 0) is 34.3 Å². The van der Waals surface area contributed by atoms with Crippen LogP contribution in [-0.4, -0.2) is 96.9 Å². The van der Waals surface area contributed by atoms with Crippen LogP contribution in [0.15, 0.2) is 82.5 Å². The maximum absolute atomic E-state index is 13.1. The van der Waals surface area contributed by atoms with Gasteiger partial charge in [-0.05, 0) is 99.6 Å². The fourth-order valence-corrected chi connectivity index (χ4v) is 7.49. The van der Waals surface area contributed by atoms with Gasteiger partial charge in [0, 0.05) is 45.0 Å². The molecule has 1 unspecified atom stereocenters. The standard InChI is InChI=1S/C44H48F3N11O7/c1-55(18-4-6-20-64-19-5-3-7-27-10-13-33-35(21-27)56(2)43(63)58(33)34-14-15-37(59)53-41(34)62)23-28-8-11-30(12-9-28)57-24-31(38(54-57)39(48)60)51-40(61)32-25-65-42(52-32)29-16-17-49-36(22-29)50-26-44(45,46)47/h8-13,16-17,21-22,24-25,34H,3-7,14-15,18-20,23,26H2,1-2H3,(H2,48,60)(H,49,50)(H,51,61)(H,53,59,62). The molecule has 0 bridgehead atoms. The predicted molar refractivity (Wildman–Crippen MR) is 232 cm³/mol. The average Bonchev–Trinajstić information content (AvgIpc) is 4.00. The van der Waals surface area contributed by atoms with Gasteiger partial charge in [0.15, 0.2) is 11.4 Å². The third-order valence-electron chi connectivity index (χ3n) is 10.8. The van der Waals surface area contributed by atoms with Crippen molar-refractivity contribution >= 4 is 46.2 Å². The molecule has 6 aromatic rings. The van der Waals surface area contributed by atoms with Gasteiger partial charge in [0.25, 0.3) is 11.8 Å². The van der Waals surface area contributed by atoms with Crippen molar-refractivity contribution in [2.75, 3.05) is 44.0 Å². The van der Waals surface area contributed by atoms with Crippen LogP contribution in [0.3, 0.4) is 0 Å². The van der Waals surface area contributed by atoms with Gasteiger partial charge in [0.1, 0.15) is 24.7 Å². The fourth-order valence-electron chi connectivity index (χ4n) is 7.49. The average molecular weight is 900 g/mol. The molecule has 4 aromatic heterocycles. The molecule has 4 amide bonds. The first-order valence-electron chi connectivity index (χ1n) is 21.0. The molecule has 5 N–H and O–H groups in total. The summed E-state index contributed by atoms with van der Waals surface area (Å²) in [7, 11) is 3.73. The van der Waals surface area contributed by atoms with E-state index in [-0.39, 0.29) is 52.4 Å². The SMILES string of the molecule is CN(CCCCOCCCCc1ccc2c(c1)n(C)c(=O)n2C1CCC(=O)NC1=O)Cc1ccc(-n2cc(NC(=O)c3coc(-c4ccnc(NCC(F)(F)F)c4)n3)c(C(N)=O)n2)cc1. The fraction of sp³-hybridized carbons (Fsp3) is 0.364. The van der Waals surface area contributed by atoms with E-state index in [1.807, 2.05) is 49.5 Å². The number of fused-ring (bicyclic) bond motifs is 1. The van der Waals surface area contributed by atoms with Crippen LogP contribution in [0.25, 0.3) is 28.2 Å². The molecule has 1 atom stereocenters. The number of imide groups is 1. The second-order valence-electron chi connectivity index (χ2n) is 15.8. The number of nitrogens with one attached hydrogen (secondary N) is 3. The first kappa shape index (κ1) is 45.9.